The van der Waals surface area contributed by atoms with E-state index in [0.29, 0.717) is 12.5 Å². The van der Waals surface area contributed by atoms with Crippen molar-refractivity contribution in [1.82, 2.24) is 9.78 Å². The number of ether oxygens (including phenoxy) is 1. The lowest BCUT2D eigenvalue weighted by Gasteiger charge is -2.20. The van der Waals surface area contributed by atoms with Gasteiger partial charge in [-0.2, -0.15) is 5.10 Å². The minimum Gasteiger partial charge on any atom is -0.381 e. The zero-order valence-electron chi connectivity index (χ0n) is 9.28. The first-order chi connectivity index (χ1) is 7.29. The second-order valence-corrected chi connectivity index (χ2v) is 4.24. The number of aryl methyl sites for hydroxylation is 1. The van der Waals surface area contributed by atoms with Crippen LogP contribution in [0.2, 0.25) is 0 Å². The molecule has 2 heterocycles. The van der Waals surface area contributed by atoms with Crippen LogP contribution >= 0.6 is 0 Å². The highest BCUT2D eigenvalue weighted by molar-refractivity contribution is 5.10. The predicted octanol–water partition coefficient (Wildman–Crippen LogP) is 0.848. The molecule has 1 saturated heterocycles. The molecule has 1 unspecified atom stereocenters. The second-order valence-electron chi connectivity index (χ2n) is 4.24. The fourth-order valence-corrected chi connectivity index (χ4v) is 2.13. The van der Waals surface area contributed by atoms with Gasteiger partial charge >= 0.3 is 0 Å². The van der Waals surface area contributed by atoms with Gasteiger partial charge in [0, 0.05) is 26.8 Å². The molecule has 1 aromatic rings. The van der Waals surface area contributed by atoms with Crippen molar-refractivity contribution in [1.29, 1.82) is 0 Å². The molecule has 84 valence electrons. The lowest BCUT2D eigenvalue weighted by atomic mass is 9.97. The third-order valence-electron chi connectivity index (χ3n) is 2.99. The van der Waals surface area contributed by atoms with E-state index >= 15 is 0 Å². The van der Waals surface area contributed by atoms with Gasteiger partial charge in [-0.1, -0.05) is 0 Å². The molecule has 1 aliphatic rings. The van der Waals surface area contributed by atoms with Gasteiger partial charge in [0.2, 0.25) is 0 Å². The molecule has 1 atom stereocenters. The molecule has 1 aliphatic heterocycles. The molecule has 0 aromatic carbocycles. The monoisotopic (exact) mass is 209 g/mol. The molecule has 1 aromatic heterocycles. The molecule has 0 amide bonds. The van der Waals surface area contributed by atoms with Gasteiger partial charge < -0.3 is 10.5 Å². The molecule has 2 rings (SSSR count). The van der Waals surface area contributed by atoms with Crippen molar-refractivity contribution in [2.24, 2.45) is 18.7 Å². The Balaban J connectivity index is 1.97. The summed E-state index contributed by atoms with van der Waals surface area (Å²) in [6, 6.07) is 2.11. The molecule has 15 heavy (non-hydrogen) atoms. The van der Waals surface area contributed by atoms with E-state index < -0.39 is 0 Å². The molecular formula is C11H19N3O. The van der Waals surface area contributed by atoms with Crippen molar-refractivity contribution in [3.63, 3.8) is 0 Å². The highest BCUT2D eigenvalue weighted by Gasteiger charge is 2.16. The molecule has 0 spiro atoms. The molecule has 0 radical (unpaired) electrons. The third kappa shape index (κ3) is 2.58. The minimum absolute atomic E-state index is 0.560. The summed E-state index contributed by atoms with van der Waals surface area (Å²) in [7, 11) is 1.95. The normalized spacial score (nSPS) is 21.9. The number of hydrogen-bond acceptors (Lipinski definition) is 3. The number of nitrogens with two attached hydrogens (primary N) is 1. The summed E-state index contributed by atoms with van der Waals surface area (Å²) in [6.07, 6.45) is 3.46. The van der Waals surface area contributed by atoms with E-state index in [0.717, 1.165) is 31.0 Å². The Morgan fingerprint density at radius 1 is 1.67 bits per heavy atom. The Kier molecular flexibility index (Phi) is 3.38. The van der Waals surface area contributed by atoms with Crippen molar-refractivity contribution in [2.75, 3.05) is 13.2 Å². The van der Waals surface area contributed by atoms with Crippen LogP contribution in [0.1, 0.15) is 24.2 Å². The van der Waals surface area contributed by atoms with Crippen LogP contribution in [0.25, 0.3) is 0 Å². The summed E-state index contributed by atoms with van der Waals surface area (Å²) in [5.74, 6) is 0.638. The summed E-state index contributed by atoms with van der Waals surface area (Å²) in [4.78, 5) is 0. The van der Waals surface area contributed by atoms with Crippen LogP contribution in [0.4, 0.5) is 0 Å². The Labute approximate surface area is 90.4 Å². The van der Waals surface area contributed by atoms with Crippen molar-refractivity contribution in [3.05, 3.63) is 17.5 Å². The molecule has 4 heteroatoms. The predicted molar refractivity (Wildman–Crippen MR) is 58.3 cm³/mol. The van der Waals surface area contributed by atoms with Crippen LogP contribution in [0.5, 0.6) is 0 Å². The first kappa shape index (κ1) is 10.6. The Morgan fingerprint density at radius 2 is 2.53 bits per heavy atom. The van der Waals surface area contributed by atoms with Gasteiger partial charge in [0.25, 0.3) is 0 Å². The zero-order valence-corrected chi connectivity index (χ0v) is 9.28. The quantitative estimate of drug-likeness (QED) is 0.803. The maximum Gasteiger partial charge on any atom is 0.0631 e. The highest BCUT2D eigenvalue weighted by atomic mass is 16.5. The van der Waals surface area contributed by atoms with E-state index in [1.165, 1.54) is 12.8 Å². The molecular weight excluding hydrogens is 190 g/mol. The Morgan fingerprint density at radius 3 is 3.13 bits per heavy atom. The molecule has 2 N–H and O–H groups in total. The van der Waals surface area contributed by atoms with Crippen LogP contribution in [0, 0.1) is 5.92 Å². The van der Waals surface area contributed by atoms with Crippen molar-refractivity contribution >= 4 is 0 Å². The first-order valence-electron chi connectivity index (χ1n) is 5.59. The molecule has 0 aliphatic carbocycles. The summed E-state index contributed by atoms with van der Waals surface area (Å²) in [5, 5.41) is 4.46. The number of nitrogens with zero attached hydrogens (tertiary/aromatic N) is 2. The van der Waals surface area contributed by atoms with E-state index in [1.807, 2.05) is 11.7 Å². The van der Waals surface area contributed by atoms with E-state index in [-0.39, 0.29) is 0 Å². The smallest absolute Gasteiger partial charge is 0.0631 e. The van der Waals surface area contributed by atoms with Crippen LogP contribution in [-0.4, -0.2) is 23.0 Å². The van der Waals surface area contributed by atoms with Gasteiger partial charge in [0.05, 0.1) is 11.4 Å². The fraction of sp³-hybridized carbons (Fsp3) is 0.727. The summed E-state index contributed by atoms with van der Waals surface area (Å²) in [6.45, 7) is 2.37. The minimum atomic E-state index is 0.560. The SMILES string of the molecule is Cn1nc(CC2CCCOC2)cc1CN. The lowest BCUT2D eigenvalue weighted by Crippen LogP contribution is -2.19. The average Bonchev–Trinajstić information content (AvgIpc) is 2.60. The largest absolute Gasteiger partial charge is 0.381 e. The van der Waals surface area contributed by atoms with Crippen LogP contribution in [0.15, 0.2) is 6.07 Å². The van der Waals surface area contributed by atoms with Gasteiger partial charge in [-0.3, -0.25) is 4.68 Å². The molecule has 1 fully saturated rings. The lowest BCUT2D eigenvalue weighted by molar-refractivity contribution is 0.0546. The first-order valence-corrected chi connectivity index (χ1v) is 5.59. The van der Waals surface area contributed by atoms with Gasteiger partial charge in [-0.05, 0) is 31.2 Å². The van der Waals surface area contributed by atoms with Crippen LogP contribution in [-0.2, 0) is 24.8 Å². The second kappa shape index (κ2) is 4.77. The van der Waals surface area contributed by atoms with Crippen molar-refractivity contribution in [2.45, 2.75) is 25.8 Å². The molecule has 0 saturated carbocycles. The topological polar surface area (TPSA) is 53.1 Å². The summed E-state index contributed by atoms with van der Waals surface area (Å²) >= 11 is 0. The summed E-state index contributed by atoms with van der Waals surface area (Å²) in [5.41, 5.74) is 7.86. The number of hydrogen-bond donors (Lipinski definition) is 1. The summed E-state index contributed by atoms with van der Waals surface area (Å²) < 4.78 is 7.33. The third-order valence-corrected chi connectivity index (χ3v) is 2.99. The van der Waals surface area contributed by atoms with Gasteiger partial charge in [-0.15, -0.1) is 0 Å². The van der Waals surface area contributed by atoms with E-state index in [4.69, 9.17) is 10.5 Å². The zero-order chi connectivity index (χ0) is 10.7. The van der Waals surface area contributed by atoms with Crippen LogP contribution < -0.4 is 5.73 Å². The Bertz CT molecular complexity index is 316. The highest BCUT2D eigenvalue weighted by Crippen LogP contribution is 2.18. The fourth-order valence-electron chi connectivity index (χ4n) is 2.13. The van der Waals surface area contributed by atoms with Crippen molar-refractivity contribution in [3.8, 4) is 0 Å². The number of rotatable bonds is 3. The van der Waals surface area contributed by atoms with Gasteiger partial charge in [-0.25, -0.2) is 0 Å². The van der Waals surface area contributed by atoms with E-state index in [9.17, 15) is 0 Å². The molecule has 0 bridgehead atoms. The van der Waals surface area contributed by atoms with E-state index in [2.05, 4.69) is 11.2 Å². The maximum absolute atomic E-state index is 5.61. The van der Waals surface area contributed by atoms with Gasteiger partial charge in [0.1, 0.15) is 0 Å². The molecule has 4 nitrogen and oxygen atoms in total. The van der Waals surface area contributed by atoms with Gasteiger partial charge in [0.15, 0.2) is 0 Å². The van der Waals surface area contributed by atoms with Crippen molar-refractivity contribution < 1.29 is 4.74 Å². The Hall–Kier alpha value is -0.870. The van der Waals surface area contributed by atoms with Crippen LogP contribution in [0.3, 0.4) is 0 Å². The average molecular weight is 209 g/mol. The standard InChI is InChI=1S/C11H19N3O/c1-14-11(7-12)6-10(13-14)5-9-3-2-4-15-8-9/h6,9H,2-5,7-8,12H2,1H3. The maximum atomic E-state index is 5.61. The number of aromatic nitrogens is 2. The van der Waals surface area contributed by atoms with E-state index in [1.54, 1.807) is 0 Å².